The Balaban J connectivity index is 2.15. The van der Waals surface area contributed by atoms with E-state index in [0.717, 1.165) is 21.7 Å². The van der Waals surface area contributed by atoms with Crippen molar-refractivity contribution in [3.8, 4) is 10.6 Å². The Labute approximate surface area is 98.4 Å². The second kappa shape index (κ2) is 3.72. The average Bonchev–Trinajstić information content (AvgIpc) is 2.73. The molecule has 0 aliphatic carbocycles. The Hall–Kier alpha value is -1.68. The van der Waals surface area contributed by atoms with Crippen molar-refractivity contribution >= 4 is 35.0 Å². The summed E-state index contributed by atoms with van der Waals surface area (Å²) in [6.07, 6.45) is 1.88. The van der Waals surface area contributed by atoms with Crippen LogP contribution < -0.4 is 5.59 Å². The molecule has 2 nitrogen and oxygen atoms in total. The van der Waals surface area contributed by atoms with Crippen molar-refractivity contribution in [2.24, 2.45) is 0 Å². The third-order valence-electron chi connectivity index (χ3n) is 2.45. The van der Waals surface area contributed by atoms with Crippen LogP contribution in [0.2, 0.25) is 0 Å². The van der Waals surface area contributed by atoms with Crippen LogP contribution >= 0.6 is 11.3 Å². The molecule has 16 heavy (non-hydrogen) atoms. The lowest BCUT2D eigenvalue weighted by Crippen LogP contribution is -2.05. The van der Waals surface area contributed by atoms with Gasteiger partial charge in [-0.05, 0) is 23.8 Å². The number of benzene rings is 1. The highest BCUT2D eigenvalue weighted by Crippen LogP contribution is 2.28. The first-order valence-corrected chi connectivity index (χ1v) is 5.93. The molecular weight excluding hydrogens is 215 g/mol. The topological polar surface area (TPSA) is 25.8 Å². The molecule has 2 aromatic heterocycles. The molecule has 0 N–H and O–H groups in total. The summed E-state index contributed by atoms with van der Waals surface area (Å²) in [5, 5.41) is 1.04. The molecule has 4 heteroatoms. The van der Waals surface area contributed by atoms with Crippen LogP contribution in [0.5, 0.6) is 0 Å². The van der Waals surface area contributed by atoms with Gasteiger partial charge in [0.05, 0.1) is 10.2 Å². The molecule has 76 valence electrons. The van der Waals surface area contributed by atoms with E-state index in [9.17, 15) is 0 Å². The molecule has 0 aliphatic heterocycles. The van der Waals surface area contributed by atoms with E-state index in [2.05, 4.69) is 22.1 Å². The molecule has 0 atom stereocenters. The highest BCUT2D eigenvalue weighted by molar-refractivity contribution is 7.21. The molecule has 2 heterocycles. The fourth-order valence-electron chi connectivity index (χ4n) is 1.59. The van der Waals surface area contributed by atoms with Gasteiger partial charge < -0.3 is 0 Å². The molecule has 0 bridgehead atoms. The van der Waals surface area contributed by atoms with E-state index >= 15 is 0 Å². The van der Waals surface area contributed by atoms with Crippen molar-refractivity contribution < 1.29 is 0 Å². The van der Waals surface area contributed by atoms with Crippen LogP contribution in [0.3, 0.4) is 0 Å². The first kappa shape index (κ1) is 9.54. The average molecular weight is 224 g/mol. The summed E-state index contributed by atoms with van der Waals surface area (Å²) in [6.45, 7) is 0. The van der Waals surface area contributed by atoms with Gasteiger partial charge >= 0.3 is 0 Å². The summed E-state index contributed by atoms with van der Waals surface area (Å²) in [6, 6.07) is 12.3. The number of thiazole rings is 1. The van der Waals surface area contributed by atoms with E-state index in [1.165, 1.54) is 4.70 Å². The Kier molecular flexibility index (Phi) is 2.22. The standard InChI is InChI=1S/C12H9BN2S/c13-11-6-5-8(7-14-11)12-15-9-3-1-2-4-10(9)16-12/h1-7H,13H2. The van der Waals surface area contributed by atoms with E-state index in [4.69, 9.17) is 0 Å². The van der Waals surface area contributed by atoms with Gasteiger partial charge in [0, 0.05) is 11.8 Å². The number of para-hydroxylation sites is 1. The van der Waals surface area contributed by atoms with E-state index < -0.39 is 0 Å². The quantitative estimate of drug-likeness (QED) is 0.587. The number of hydrogen-bond acceptors (Lipinski definition) is 3. The number of nitrogens with zero attached hydrogens (tertiary/aromatic N) is 2. The Morgan fingerprint density at radius 1 is 1.06 bits per heavy atom. The smallest absolute Gasteiger partial charge is 0.163 e. The summed E-state index contributed by atoms with van der Waals surface area (Å²) in [5.74, 6) is 0. The SMILES string of the molecule is Bc1ccc(-c2nc3ccccc3s2)cn1. The molecule has 0 radical (unpaired) electrons. The minimum Gasteiger partial charge on any atom is -0.271 e. The Bertz CT molecular complexity index is 598. The fraction of sp³-hybridized carbons (Fsp3) is 0. The molecular formula is C12H9BN2S. The van der Waals surface area contributed by atoms with Gasteiger partial charge in [-0.3, -0.25) is 4.98 Å². The molecule has 0 spiro atoms. The summed E-state index contributed by atoms with van der Waals surface area (Å²) in [5.41, 5.74) is 3.18. The number of rotatable bonds is 1. The predicted octanol–water partition coefficient (Wildman–Crippen LogP) is 1.62. The van der Waals surface area contributed by atoms with Gasteiger partial charge in [-0.15, -0.1) is 11.3 Å². The molecule has 0 saturated heterocycles. The molecule has 3 rings (SSSR count). The lowest BCUT2D eigenvalue weighted by atomic mass is 10.0. The van der Waals surface area contributed by atoms with Gasteiger partial charge in [0.2, 0.25) is 0 Å². The third kappa shape index (κ3) is 1.61. The summed E-state index contributed by atoms with van der Waals surface area (Å²) >= 11 is 1.71. The van der Waals surface area contributed by atoms with Crippen LogP contribution in [-0.4, -0.2) is 17.8 Å². The largest absolute Gasteiger partial charge is 0.271 e. The van der Waals surface area contributed by atoms with Crippen LogP contribution in [0.4, 0.5) is 0 Å². The molecule has 3 aromatic rings. The third-order valence-corrected chi connectivity index (χ3v) is 3.54. The lowest BCUT2D eigenvalue weighted by molar-refractivity contribution is 1.37. The molecule has 0 aliphatic rings. The van der Waals surface area contributed by atoms with Crippen molar-refractivity contribution in [3.05, 3.63) is 42.6 Å². The molecule has 0 saturated carbocycles. The first-order chi connectivity index (χ1) is 7.83. The van der Waals surface area contributed by atoms with Crippen LogP contribution in [-0.2, 0) is 0 Å². The maximum atomic E-state index is 4.59. The van der Waals surface area contributed by atoms with Crippen LogP contribution in [0.15, 0.2) is 42.6 Å². The van der Waals surface area contributed by atoms with Crippen molar-refractivity contribution in [3.63, 3.8) is 0 Å². The van der Waals surface area contributed by atoms with E-state index in [-0.39, 0.29) is 0 Å². The zero-order chi connectivity index (χ0) is 11.0. The van der Waals surface area contributed by atoms with Crippen LogP contribution in [0.25, 0.3) is 20.8 Å². The van der Waals surface area contributed by atoms with Crippen molar-refractivity contribution in [1.82, 2.24) is 9.97 Å². The lowest BCUT2D eigenvalue weighted by Gasteiger charge is -1.95. The van der Waals surface area contributed by atoms with Crippen LogP contribution in [0.1, 0.15) is 0 Å². The van der Waals surface area contributed by atoms with E-state index in [0.29, 0.717) is 0 Å². The van der Waals surface area contributed by atoms with Gasteiger partial charge in [-0.25, -0.2) is 4.98 Å². The summed E-state index contributed by atoms with van der Waals surface area (Å²) in [7, 11) is 1.99. The van der Waals surface area contributed by atoms with Gasteiger partial charge in [0.1, 0.15) is 5.01 Å². The maximum Gasteiger partial charge on any atom is 0.163 e. The highest BCUT2D eigenvalue weighted by atomic mass is 32.1. The number of aromatic nitrogens is 2. The summed E-state index contributed by atoms with van der Waals surface area (Å²) in [4.78, 5) is 8.88. The maximum absolute atomic E-state index is 4.59. The summed E-state index contributed by atoms with van der Waals surface area (Å²) < 4.78 is 1.22. The minimum absolute atomic E-state index is 1.03. The number of pyridine rings is 1. The van der Waals surface area contributed by atoms with Gasteiger partial charge in [0.25, 0.3) is 0 Å². The van der Waals surface area contributed by atoms with Crippen molar-refractivity contribution in [1.29, 1.82) is 0 Å². The van der Waals surface area contributed by atoms with E-state index in [1.54, 1.807) is 11.3 Å². The minimum atomic E-state index is 1.03. The van der Waals surface area contributed by atoms with Gasteiger partial charge in [0.15, 0.2) is 7.85 Å². The Morgan fingerprint density at radius 3 is 2.69 bits per heavy atom. The second-order valence-electron chi connectivity index (χ2n) is 3.67. The fourth-order valence-corrected chi connectivity index (χ4v) is 2.55. The van der Waals surface area contributed by atoms with Crippen molar-refractivity contribution in [2.75, 3.05) is 0 Å². The van der Waals surface area contributed by atoms with Gasteiger partial charge in [-0.2, -0.15) is 0 Å². The van der Waals surface area contributed by atoms with Gasteiger partial charge in [-0.1, -0.05) is 18.2 Å². The zero-order valence-electron chi connectivity index (χ0n) is 8.84. The normalized spacial score (nSPS) is 10.8. The van der Waals surface area contributed by atoms with Crippen LogP contribution in [0, 0.1) is 0 Å². The molecule has 0 amide bonds. The number of fused-ring (bicyclic) bond motifs is 1. The zero-order valence-corrected chi connectivity index (χ0v) is 9.66. The van der Waals surface area contributed by atoms with E-state index in [1.807, 2.05) is 38.3 Å². The second-order valence-corrected chi connectivity index (χ2v) is 4.71. The van der Waals surface area contributed by atoms with Crippen molar-refractivity contribution in [2.45, 2.75) is 0 Å². The molecule has 0 fully saturated rings. The highest BCUT2D eigenvalue weighted by Gasteiger charge is 2.05. The molecule has 1 aromatic carbocycles. The molecule has 0 unspecified atom stereocenters. The predicted molar refractivity (Wildman–Crippen MR) is 71.0 cm³/mol. The monoisotopic (exact) mass is 224 g/mol. The first-order valence-electron chi connectivity index (χ1n) is 5.11. The Morgan fingerprint density at radius 2 is 1.94 bits per heavy atom. The number of hydrogen-bond donors (Lipinski definition) is 0.